The van der Waals surface area contributed by atoms with Crippen molar-refractivity contribution in [3.05, 3.63) is 0 Å². The van der Waals surface area contributed by atoms with E-state index in [-0.39, 0.29) is 12.0 Å². The minimum atomic E-state index is -0.722. The maximum Gasteiger partial charge on any atom is 0.308 e. The Morgan fingerprint density at radius 1 is 1.58 bits per heavy atom. The van der Waals surface area contributed by atoms with Crippen LogP contribution >= 0.6 is 0 Å². The van der Waals surface area contributed by atoms with E-state index in [2.05, 4.69) is 6.92 Å². The third-order valence-corrected chi connectivity index (χ3v) is 2.91. The Balaban J connectivity index is 2.53. The average molecular weight is 171 g/mol. The van der Waals surface area contributed by atoms with Gasteiger partial charge in [-0.25, -0.2) is 0 Å². The molecule has 3 heteroatoms. The van der Waals surface area contributed by atoms with E-state index in [1.807, 2.05) is 0 Å². The average Bonchev–Trinajstić information content (AvgIpc) is 2.05. The molecule has 0 aromatic carbocycles. The van der Waals surface area contributed by atoms with E-state index in [4.69, 9.17) is 10.8 Å². The first-order chi connectivity index (χ1) is 5.65. The van der Waals surface area contributed by atoms with Crippen LogP contribution in [0.1, 0.15) is 32.6 Å². The topological polar surface area (TPSA) is 63.3 Å². The van der Waals surface area contributed by atoms with Gasteiger partial charge in [-0.3, -0.25) is 4.79 Å². The van der Waals surface area contributed by atoms with Crippen LogP contribution in [0.15, 0.2) is 0 Å². The zero-order valence-corrected chi connectivity index (χ0v) is 7.49. The molecule has 0 aromatic heterocycles. The molecule has 1 saturated carbocycles. The Bertz CT molecular complexity index is 170. The molecule has 0 radical (unpaired) electrons. The van der Waals surface area contributed by atoms with Gasteiger partial charge < -0.3 is 10.8 Å². The largest absolute Gasteiger partial charge is 0.481 e. The maximum atomic E-state index is 10.7. The van der Waals surface area contributed by atoms with Gasteiger partial charge in [-0.1, -0.05) is 13.3 Å². The highest BCUT2D eigenvalue weighted by molar-refractivity contribution is 5.71. The molecule has 0 bridgehead atoms. The molecule has 70 valence electrons. The predicted molar refractivity (Wildman–Crippen MR) is 46.7 cm³/mol. The van der Waals surface area contributed by atoms with Gasteiger partial charge in [0.1, 0.15) is 0 Å². The van der Waals surface area contributed by atoms with E-state index in [9.17, 15) is 4.79 Å². The highest BCUT2D eigenvalue weighted by Gasteiger charge is 2.32. The highest BCUT2D eigenvalue weighted by atomic mass is 16.4. The van der Waals surface area contributed by atoms with Crippen LogP contribution < -0.4 is 5.73 Å². The van der Waals surface area contributed by atoms with Crippen LogP contribution in [-0.2, 0) is 4.79 Å². The molecule has 12 heavy (non-hydrogen) atoms. The summed E-state index contributed by atoms with van der Waals surface area (Å²) in [5.74, 6) is -0.449. The molecule has 3 unspecified atom stereocenters. The van der Waals surface area contributed by atoms with Crippen molar-refractivity contribution in [2.75, 3.05) is 0 Å². The van der Waals surface area contributed by atoms with Crippen molar-refractivity contribution in [3.63, 3.8) is 0 Å². The van der Waals surface area contributed by atoms with E-state index in [0.29, 0.717) is 5.92 Å². The van der Waals surface area contributed by atoms with Gasteiger partial charge >= 0.3 is 5.97 Å². The fourth-order valence-corrected chi connectivity index (χ4v) is 1.94. The van der Waals surface area contributed by atoms with Crippen molar-refractivity contribution < 1.29 is 9.90 Å². The molecule has 1 aliphatic carbocycles. The summed E-state index contributed by atoms with van der Waals surface area (Å²) in [6.45, 7) is 2.11. The first-order valence-electron chi connectivity index (χ1n) is 4.63. The number of carboxylic acids is 1. The van der Waals surface area contributed by atoms with Gasteiger partial charge in [0.05, 0.1) is 5.92 Å². The Labute approximate surface area is 72.9 Å². The first-order valence-corrected chi connectivity index (χ1v) is 4.63. The van der Waals surface area contributed by atoms with Crippen LogP contribution in [0.3, 0.4) is 0 Å². The fraction of sp³-hybridized carbons (Fsp3) is 0.889. The van der Waals surface area contributed by atoms with Crippen molar-refractivity contribution in [1.29, 1.82) is 0 Å². The van der Waals surface area contributed by atoms with E-state index < -0.39 is 5.97 Å². The monoisotopic (exact) mass is 171 g/mol. The third kappa shape index (κ3) is 1.97. The lowest BCUT2D eigenvalue weighted by molar-refractivity contribution is -0.144. The van der Waals surface area contributed by atoms with Crippen molar-refractivity contribution in [2.45, 2.75) is 38.6 Å². The Hall–Kier alpha value is -0.570. The van der Waals surface area contributed by atoms with Crippen LogP contribution in [0, 0.1) is 11.8 Å². The first kappa shape index (κ1) is 9.52. The number of rotatable bonds is 2. The minimum Gasteiger partial charge on any atom is -0.481 e. The molecule has 0 saturated heterocycles. The Morgan fingerprint density at radius 2 is 2.25 bits per heavy atom. The summed E-state index contributed by atoms with van der Waals surface area (Å²) in [6.07, 6.45) is 3.82. The van der Waals surface area contributed by atoms with E-state index >= 15 is 0 Å². The van der Waals surface area contributed by atoms with E-state index in [1.165, 1.54) is 0 Å². The fourth-order valence-electron chi connectivity index (χ4n) is 1.94. The molecule has 0 aromatic rings. The quantitative estimate of drug-likeness (QED) is 0.656. The van der Waals surface area contributed by atoms with Gasteiger partial charge in [-0.05, 0) is 25.2 Å². The molecule has 1 rings (SSSR count). The molecule has 1 fully saturated rings. The Kier molecular flexibility index (Phi) is 3.09. The summed E-state index contributed by atoms with van der Waals surface area (Å²) in [7, 11) is 0. The lowest BCUT2D eigenvalue weighted by Gasteiger charge is -2.30. The van der Waals surface area contributed by atoms with Gasteiger partial charge in [0.2, 0.25) is 0 Å². The number of aliphatic carboxylic acids is 1. The second kappa shape index (κ2) is 3.90. The molecular formula is C9H17NO2. The standard InChI is InChI=1S/C9H17NO2/c1-2-6-3-4-8(10)7(5-6)9(11)12/h6-8H,2-5,10H2,1H3,(H,11,12). The number of carboxylic acid groups (broad SMARTS) is 1. The van der Waals surface area contributed by atoms with Crippen LogP contribution in [0.25, 0.3) is 0 Å². The summed E-state index contributed by atoms with van der Waals surface area (Å²) in [6, 6.07) is -0.120. The number of carbonyl (C=O) groups is 1. The Morgan fingerprint density at radius 3 is 2.75 bits per heavy atom. The van der Waals surface area contributed by atoms with Crippen molar-refractivity contribution in [1.82, 2.24) is 0 Å². The molecule has 0 amide bonds. The van der Waals surface area contributed by atoms with Gasteiger partial charge in [0, 0.05) is 6.04 Å². The maximum absolute atomic E-state index is 10.7. The zero-order valence-electron chi connectivity index (χ0n) is 7.49. The second-order valence-corrected chi connectivity index (χ2v) is 3.70. The number of hydrogen-bond acceptors (Lipinski definition) is 2. The molecule has 0 aliphatic heterocycles. The smallest absolute Gasteiger partial charge is 0.308 e. The molecule has 1 aliphatic rings. The molecule has 3 nitrogen and oxygen atoms in total. The SMILES string of the molecule is CCC1CCC(N)C(C(=O)O)C1. The summed E-state index contributed by atoms with van der Waals surface area (Å²) >= 11 is 0. The van der Waals surface area contributed by atoms with Gasteiger partial charge in [-0.2, -0.15) is 0 Å². The summed E-state index contributed by atoms with van der Waals surface area (Å²) in [4.78, 5) is 10.7. The van der Waals surface area contributed by atoms with Crippen molar-refractivity contribution in [3.8, 4) is 0 Å². The molecule has 0 spiro atoms. The number of hydrogen-bond donors (Lipinski definition) is 2. The lowest BCUT2D eigenvalue weighted by Crippen LogP contribution is -2.40. The van der Waals surface area contributed by atoms with Gasteiger partial charge in [0.25, 0.3) is 0 Å². The van der Waals surface area contributed by atoms with Crippen LogP contribution in [0.5, 0.6) is 0 Å². The summed E-state index contributed by atoms with van der Waals surface area (Å²) in [5, 5.41) is 8.84. The highest BCUT2D eigenvalue weighted by Crippen LogP contribution is 2.30. The van der Waals surface area contributed by atoms with Crippen LogP contribution in [0.2, 0.25) is 0 Å². The zero-order chi connectivity index (χ0) is 9.14. The van der Waals surface area contributed by atoms with Crippen molar-refractivity contribution in [2.24, 2.45) is 17.6 Å². The molecular weight excluding hydrogens is 154 g/mol. The summed E-state index contributed by atoms with van der Waals surface area (Å²) in [5.41, 5.74) is 5.72. The summed E-state index contributed by atoms with van der Waals surface area (Å²) < 4.78 is 0. The molecule has 3 N–H and O–H groups in total. The van der Waals surface area contributed by atoms with Crippen LogP contribution in [0.4, 0.5) is 0 Å². The number of nitrogens with two attached hydrogens (primary N) is 1. The predicted octanol–water partition coefficient (Wildman–Crippen LogP) is 1.22. The molecule has 3 atom stereocenters. The van der Waals surface area contributed by atoms with Crippen molar-refractivity contribution >= 4 is 5.97 Å². The third-order valence-electron chi connectivity index (χ3n) is 2.91. The lowest BCUT2D eigenvalue weighted by atomic mass is 9.77. The minimum absolute atomic E-state index is 0.120. The van der Waals surface area contributed by atoms with Gasteiger partial charge in [-0.15, -0.1) is 0 Å². The van der Waals surface area contributed by atoms with Gasteiger partial charge in [0.15, 0.2) is 0 Å². The molecule has 0 heterocycles. The van der Waals surface area contributed by atoms with E-state index in [0.717, 1.165) is 25.7 Å². The second-order valence-electron chi connectivity index (χ2n) is 3.70. The van der Waals surface area contributed by atoms with Crippen LogP contribution in [-0.4, -0.2) is 17.1 Å². The normalized spacial score (nSPS) is 36.3. The van der Waals surface area contributed by atoms with E-state index in [1.54, 1.807) is 0 Å².